The summed E-state index contributed by atoms with van der Waals surface area (Å²) < 4.78 is 9.76. The van der Waals surface area contributed by atoms with Crippen LogP contribution in [0.1, 0.15) is 16.1 Å². The van der Waals surface area contributed by atoms with Crippen LogP contribution >= 0.6 is 0 Å². The first-order valence-electron chi connectivity index (χ1n) is 4.82. The Kier molecular flexibility index (Phi) is 4.97. The number of ether oxygens (including phenoxy) is 1. The van der Waals surface area contributed by atoms with Crippen LogP contribution in [0.4, 0.5) is 0 Å². The highest BCUT2D eigenvalue weighted by atomic mass is 16.5. The molecular weight excluding hydrogens is 214 g/mol. The van der Waals surface area contributed by atoms with Gasteiger partial charge in [0.2, 0.25) is 0 Å². The van der Waals surface area contributed by atoms with Gasteiger partial charge < -0.3 is 24.7 Å². The van der Waals surface area contributed by atoms with Gasteiger partial charge in [0.1, 0.15) is 11.3 Å². The first-order valence-corrected chi connectivity index (χ1v) is 4.82. The van der Waals surface area contributed by atoms with Gasteiger partial charge in [-0.2, -0.15) is 0 Å². The Morgan fingerprint density at radius 1 is 1.69 bits per heavy atom. The predicted molar refractivity (Wildman–Crippen MR) is 55.3 cm³/mol. The van der Waals surface area contributed by atoms with E-state index in [1.165, 1.54) is 19.4 Å². The van der Waals surface area contributed by atoms with E-state index >= 15 is 0 Å². The molecular formula is C10H15NO5. The number of nitrogens with one attached hydrogen (secondary N) is 1. The van der Waals surface area contributed by atoms with Crippen LogP contribution < -0.4 is 5.32 Å². The molecule has 90 valence electrons. The first kappa shape index (κ1) is 12.7. The van der Waals surface area contributed by atoms with Gasteiger partial charge >= 0.3 is 5.97 Å². The Morgan fingerprint density at radius 2 is 2.44 bits per heavy atom. The molecule has 0 saturated carbocycles. The largest absolute Gasteiger partial charge is 0.478 e. The first-order chi connectivity index (χ1) is 7.65. The Balaban J connectivity index is 2.37. The van der Waals surface area contributed by atoms with E-state index in [2.05, 4.69) is 5.32 Å². The van der Waals surface area contributed by atoms with Gasteiger partial charge in [0, 0.05) is 13.7 Å². The van der Waals surface area contributed by atoms with Gasteiger partial charge in [-0.1, -0.05) is 0 Å². The zero-order chi connectivity index (χ0) is 12.0. The second-order valence-corrected chi connectivity index (χ2v) is 3.30. The highest BCUT2D eigenvalue weighted by Crippen LogP contribution is 2.09. The van der Waals surface area contributed by atoms with Crippen LogP contribution in [0.15, 0.2) is 16.7 Å². The summed E-state index contributed by atoms with van der Waals surface area (Å²) >= 11 is 0. The number of rotatable bonds is 7. The van der Waals surface area contributed by atoms with Gasteiger partial charge in [0.05, 0.1) is 25.5 Å². The van der Waals surface area contributed by atoms with E-state index in [1.807, 2.05) is 0 Å². The maximum Gasteiger partial charge on any atom is 0.339 e. The molecule has 1 aromatic rings. The van der Waals surface area contributed by atoms with E-state index in [0.717, 1.165) is 0 Å². The minimum absolute atomic E-state index is 0.133. The van der Waals surface area contributed by atoms with E-state index in [1.54, 1.807) is 0 Å². The monoisotopic (exact) mass is 229 g/mol. The summed E-state index contributed by atoms with van der Waals surface area (Å²) in [7, 11) is 1.50. The van der Waals surface area contributed by atoms with Crippen LogP contribution in [0, 0.1) is 0 Å². The lowest BCUT2D eigenvalue weighted by Crippen LogP contribution is -2.29. The van der Waals surface area contributed by atoms with Crippen molar-refractivity contribution in [1.29, 1.82) is 0 Å². The van der Waals surface area contributed by atoms with Crippen LogP contribution in [0.5, 0.6) is 0 Å². The van der Waals surface area contributed by atoms with Crippen molar-refractivity contribution in [3.8, 4) is 0 Å². The quantitative estimate of drug-likeness (QED) is 0.613. The molecule has 0 aliphatic heterocycles. The number of aliphatic hydroxyl groups excluding tert-OH is 1. The number of carboxylic acid groups (broad SMARTS) is 1. The lowest BCUT2D eigenvalue weighted by molar-refractivity contribution is 0.0640. The fourth-order valence-electron chi connectivity index (χ4n) is 1.27. The molecule has 0 aliphatic carbocycles. The maximum absolute atomic E-state index is 10.7. The molecule has 0 aromatic carbocycles. The molecule has 0 bridgehead atoms. The maximum atomic E-state index is 10.7. The molecule has 6 nitrogen and oxygen atoms in total. The second-order valence-electron chi connectivity index (χ2n) is 3.30. The van der Waals surface area contributed by atoms with Crippen molar-refractivity contribution >= 4 is 5.97 Å². The molecule has 1 unspecified atom stereocenters. The average molecular weight is 229 g/mol. The van der Waals surface area contributed by atoms with Gasteiger partial charge in [-0.25, -0.2) is 4.79 Å². The van der Waals surface area contributed by atoms with Crippen LogP contribution in [0.2, 0.25) is 0 Å². The van der Waals surface area contributed by atoms with Gasteiger partial charge in [-0.05, 0) is 6.07 Å². The summed E-state index contributed by atoms with van der Waals surface area (Å²) in [6.45, 7) is 0.806. The molecule has 1 rings (SSSR count). The van der Waals surface area contributed by atoms with E-state index < -0.39 is 12.1 Å². The molecule has 6 heteroatoms. The van der Waals surface area contributed by atoms with E-state index in [4.69, 9.17) is 14.3 Å². The normalized spacial score (nSPS) is 12.6. The smallest absolute Gasteiger partial charge is 0.339 e. The summed E-state index contributed by atoms with van der Waals surface area (Å²) in [5, 5.41) is 21.0. The molecule has 0 radical (unpaired) electrons. The van der Waals surface area contributed by atoms with Crippen molar-refractivity contribution in [1.82, 2.24) is 5.32 Å². The number of methoxy groups -OCH3 is 1. The molecule has 0 spiro atoms. The van der Waals surface area contributed by atoms with E-state index in [9.17, 15) is 9.90 Å². The molecule has 3 N–H and O–H groups in total. The van der Waals surface area contributed by atoms with E-state index in [-0.39, 0.29) is 18.7 Å². The molecule has 1 aromatic heterocycles. The third-order valence-electron chi connectivity index (χ3n) is 2.00. The minimum Gasteiger partial charge on any atom is -0.478 e. The summed E-state index contributed by atoms with van der Waals surface area (Å²) in [5.41, 5.74) is 0.133. The Morgan fingerprint density at radius 3 is 3.06 bits per heavy atom. The van der Waals surface area contributed by atoms with Crippen LogP contribution in [-0.4, -0.2) is 42.5 Å². The summed E-state index contributed by atoms with van der Waals surface area (Å²) in [5.74, 6) is -0.680. The number of carboxylic acids is 1. The minimum atomic E-state index is -1.03. The van der Waals surface area contributed by atoms with Crippen LogP contribution in [0.25, 0.3) is 0 Å². The van der Waals surface area contributed by atoms with Crippen molar-refractivity contribution in [3.05, 3.63) is 23.7 Å². The lowest BCUT2D eigenvalue weighted by atomic mass is 10.2. The predicted octanol–water partition coefficient (Wildman–Crippen LogP) is 0.0747. The van der Waals surface area contributed by atoms with Gasteiger partial charge in [-0.3, -0.25) is 0 Å². The van der Waals surface area contributed by atoms with Crippen molar-refractivity contribution in [2.75, 3.05) is 20.3 Å². The summed E-state index contributed by atoms with van der Waals surface area (Å²) in [6.07, 6.45) is 0.708. The molecule has 0 fully saturated rings. The highest BCUT2D eigenvalue weighted by molar-refractivity contribution is 5.88. The number of aliphatic hydroxyl groups is 1. The number of hydrogen-bond acceptors (Lipinski definition) is 5. The number of furan rings is 1. The number of carbonyl (C=O) groups is 1. The fraction of sp³-hybridized carbons (Fsp3) is 0.500. The molecule has 0 aliphatic rings. The highest BCUT2D eigenvalue weighted by Gasteiger charge is 2.13. The molecule has 0 amide bonds. The number of hydrogen-bond donors (Lipinski definition) is 3. The van der Waals surface area contributed by atoms with Gasteiger partial charge in [0.25, 0.3) is 0 Å². The topological polar surface area (TPSA) is 91.9 Å². The zero-order valence-corrected chi connectivity index (χ0v) is 8.97. The molecule has 1 atom stereocenters. The van der Waals surface area contributed by atoms with Crippen molar-refractivity contribution in [2.24, 2.45) is 0 Å². The van der Waals surface area contributed by atoms with Crippen molar-refractivity contribution in [2.45, 2.75) is 12.6 Å². The lowest BCUT2D eigenvalue weighted by Gasteiger charge is -2.09. The Bertz CT molecular complexity index is 336. The van der Waals surface area contributed by atoms with Crippen molar-refractivity contribution in [3.63, 3.8) is 0 Å². The molecule has 16 heavy (non-hydrogen) atoms. The third kappa shape index (κ3) is 3.65. The summed E-state index contributed by atoms with van der Waals surface area (Å²) in [4.78, 5) is 10.7. The van der Waals surface area contributed by atoms with Crippen molar-refractivity contribution < 1.29 is 24.2 Å². The van der Waals surface area contributed by atoms with Gasteiger partial charge in [-0.15, -0.1) is 0 Å². The van der Waals surface area contributed by atoms with Crippen LogP contribution in [0.3, 0.4) is 0 Å². The fourth-order valence-corrected chi connectivity index (χ4v) is 1.27. The average Bonchev–Trinajstić information content (AvgIpc) is 2.66. The van der Waals surface area contributed by atoms with Crippen LogP contribution in [-0.2, 0) is 11.3 Å². The Hall–Kier alpha value is -1.37. The third-order valence-corrected chi connectivity index (χ3v) is 2.00. The second kappa shape index (κ2) is 6.26. The Labute approximate surface area is 92.8 Å². The number of aromatic carboxylic acids is 1. The zero-order valence-electron chi connectivity index (χ0n) is 8.97. The summed E-state index contributed by atoms with van der Waals surface area (Å²) in [6, 6.07) is 1.39. The van der Waals surface area contributed by atoms with Gasteiger partial charge in [0.15, 0.2) is 0 Å². The molecule has 1 heterocycles. The molecule has 0 saturated heterocycles. The standard InChI is InChI=1S/C10H15NO5/c1-15-6-7(12)4-11-5-9-8(10(13)14)2-3-16-9/h2-3,7,11-12H,4-6H2,1H3,(H,13,14). The SMILES string of the molecule is COCC(O)CNCc1occc1C(=O)O. The van der Waals surface area contributed by atoms with E-state index in [0.29, 0.717) is 12.3 Å².